The van der Waals surface area contributed by atoms with Gasteiger partial charge in [-0.1, -0.05) is 67.6 Å². The first-order valence-electron chi connectivity index (χ1n) is 11.6. The van der Waals surface area contributed by atoms with E-state index in [0.29, 0.717) is 23.6 Å². The maximum atomic E-state index is 14.6. The molecule has 0 fully saturated rings. The molecule has 1 N–H and O–H groups in total. The molecule has 6 nitrogen and oxygen atoms in total. The molecule has 1 atom stereocenters. The van der Waals surface area contributed by atoms with Gasteiger partial charge in [-0.05, 0) is 30.2 Å². The zero-order chi connectivity index (χ0) is 25.0. The number of amides is 2. The second-order valence-electron chi connectivity index (χ2n) is 8.05. The third kappa shape index (κ3) is 7.30. The number of nitrogens with zero attached hydrogens (tertiary/aromatic N) is 1. The molecule has 0 aliphatic heterocycles. The summed E-state index contributed by atoms with van der Waals surface area (Å²) in [5.41, 5.74) is 1.21. The minimum Gasteiger partial charge on any atom is -0.493 e. The number of para-hydroxylation sites is 2. The Labute approximate surface area is 205 Å². The van der Waals surface area contributed by atoms with Crippen molar-refractivity contribution in [3.63, 3.8) is 0 Å². The van der Waals surface area contributed by atoms with Gasteiger partial charge in [-0.2, -0.15) is 0 Å². The minimum absolute atomic E-state index is 0.0716. The van der Waals surface area contributed by atoms with Crippen molar-refractivity contribution in [3.05, 3.63) is 95.8 Å². The number of nitrogens with one attached hydrogen (secondary N) is 1. The first-order valence-corrected chi connectivity index (χ1v) is 11.6. The van der Waals surface area contributed by atoms with Crippen molar-refractivity contribution >= 4 is 11.8 Å². The van der Waals surface area contributed by atoms with E-state index < -0.39 is 17.8 Å². The average Bonchev–Trinajstić information content (AvgIpc) is 2.89. The molecule has 184 valence electrons. The van der Waals surface area contributed by atoms with Gasteiger partial charge < -0.3 is 19.7 Å². The highest BCUT2D eigenvalue weighted by atomic mass is 19.1. The highest BCUT2D eigenvalue weighted by Crippen LogP contribution is 2.26. The van der Waals surface area contributed by atoms with Crippen LogP contribution in [-0.4, -0.2) is 43.0 Å². The van der Waals surface area contributed by atoms with Crippen LogP contribution in [-0.2, 0) is 22.6 Å². The SMILES string of the molecule is CCCNC(=O)[C@H](Cc1ccccc1)N(Cc1ccccc1F)C(=O)COc1ccccc1OC. The molecule has 3 aromatic rings. The van der Waals surface area contributed by atoms with Crippen molar-refractivity contribution in [2.75, 3.05) is 20.3 Å². The van der Waals surface area contributed by atoms with E-state index in [1.165, 1.54) is 18.1 Å². The van der Waals surface area contributed by atoms with E-state index in [9.17, 15) is 14.0 Å². The van der Waals surface area contributed by atoms with Crippen molar-refractivity contribution in [1.82, 2.24) is 10.2 Å². The molecule has 0 radical (unpaired) electrons. The third-order valence-electron chi connectivity index (χ3n) is 5.54. The van der Waals surface area contributed by atoms with Crippen LogP contribution < -0.4 is 14.8 Å². The molecule has 35 heavy (non-hydrogen) atoms. The van der Waals surface area contributed by atoms with Crippen LogP contribution in [0.1, 0.15) is 24.5 Å². The van der Waals surface area contributed by atoms with E-state index in [2.05, 4.69) is 5.32 Å². The third-order valence-corrected chi connectivity index (χ3v) is 5.54. The molecule has 7 heteroatoms. The van der Waals surface area contributed by atoms with Gasteiger partial charge in [0.25, 0.3) is 5.91 Å². The lowest BCUT2D eigenvalue weighted by molar-refractivity contribution is -0.142. The summed E-state index contributed by atoms with van der Waals surface area (Å²) in [5, 5.41) is 2.89. The minimum atomic E-state index is -0.850. The average molecular weight is 479 g/mol. The Hall–Kier alpha value is -3.87. The van der Waals surface area contributed by atoms with Gasteiger partial charge in [0.2, 0.25) is 5.91 Å². The predicted octanol–water partition coefficient (Wildman–Crippen LogP) is 4.38. The van der Waals surface area contributed by atoms with Gasteiger partial charge in [0.1, 0.15) is 11.9 Å². The first-order chi connectivity index (χ1) is 17.0. The van der Waals surface area contributed by atoms with Gasteiger partial charge in [0.05, 0.1) is 7.11 Å². The molecule has 0 saturated carbocycles. The molecule has 0 aliphatic carbocycles. The number of rotatable bonds is 12. The number of halogens is 1. The van der Waals surface area contributed by atoms with E-state index in [1.807, 2.05) is 37.3 Å². The van der Waals surface area contributed by atoms with Crippen molar-refractivity contribution in [3.8, 4) is 11.5 Å². The number of hydrogen-bond donors (Lipinski definition) is 1. The molecule has 0 heterocycles. The zero-order valence-corrected chi connectivity index (χ0v) is 20.1. The molecule has 0 aliphatic rings. The van der Waals surface area contributed by atoms with Crippen molar-refractivity contribution < 1.29 is 23.5 Å². The number of methoxy groups -OCH3 is 1. The second-order valence-corrected chi connectivity index (χ2v) is 8.05. The largest absolute Gasteiger partial charge is 0.493 e. The smallest absolute Gasteiger partial charge is 0.261 e. The lowest BCUT2D eigenvalue weighted by Crippen LogP contribution is -2.52. The Balaban J connectivity index is 1.91. The van der Waals surface area contributed by atoms with Crippen LogP contribution in [0.3, 0.4) is 0 Å². The molecule has 3 aromatic carbocycles. The van der Waals surface area contributed by atoms with Gasteiger partial charge in [-0.15, -0.1) is 0 Å². The summed E-state index contributed by atoms with van der Waals surface area (Å²) < 4.78 is 25.6. The number of carbonyl (C=O) groups excluding carboxylic acids is 2. The van der Waals surface area contributed by atoms with Gasteiger partial charge >= 0.3 is 0 Å². The van der Waals surface area contributed by atoms with Crippen LogP contribution in [0.2, 0.25) is 0 Å². The van der Waals surface area contributed by atoms with Crippen LogP contribution in [0.25, 0.3) is 0 Å². The molecule has 2 amide bonds. The molecule has 3 rings (SSSR count). The Morgan fingerprint density at radius 1 is 0.943 bits per heavy atom. The molecule has 0 bridgehead atoms. The van der Waals surface area contributed by atoms with Crippen LogP contribution >= 0.6 is 0 Å². The number of carbonyl (C=O) groups is 2. The van der Waals surface area contributed by atoms with E-state index in [-0.39, 0.29) is 25.5 Å². The fourth-order valence-corrected chi connectivity index (χ4v) is 3.69. The maximum absolute atomic E-state index is 14.6. The Morgan fingerprint density at radius 2 is 1.60 bits per heavy atom. The zero-order valence-electron chi connectivity index (χ0n) is 20.1. The summed E-state index contributed by atoms with van der Waals surface area (Å²) >= 11 is 0. The van der Waals surface area contributed by atoms with E-state index >= 15 is 0 Å². The highest BCUT2D eigenvalue weighted by Gasteiger charge is 2.31. The molecule has 0 saturated heterocycles. The summed E-state index contributed by atoms with van der Waals surface area (Å²) in [4.78, 5) is 28.1. The number of benzene rings is 3. The number of ether oxygens (including phenoxy) is 2. The van der Waals surface area contributed by atoms with Crippen LogP contribution in [0, 0.1) is 5.82 Å². The highest BCUT2D eigenvalue weighted by molar-refractivity contribution is 5.88. The summed E-state index contributed by atoms with van der Waals surface area (Å²) in [5.74, 6) is -0.278. The summed E-state index contributed by atoms with van der Waals surface area (Å²) in [6.45, 7) is 2.03. The van der Waals surface area contributed by atoms with Crippen molar-refractivity contribution in [1.29, 1.82) is 0 Å². The van der Waals surface area contributed by atoms with Gasteiger partial charge in [-0.25, -0.2) is 4.39 Å². The summed E-state index contributed by atoms with van der Waals surface area (Å²) in [6.07, 6.45) is 1.03. The van der Waals surface area contributed by atoms with Crippen LogP contribution in [0.4, 0.5) is 4.39 Å². The van der Waals surface area contributed by atoms with Gasteiger partial charge in [0, 0.05) is 25.1 Å². The standard InChI is InChI=1S/C28H31FN2O4/c1-3-17-30-28(33)24(18-21-11-5-4-6-12-21)31(19-22-13-7-8-14-23(22)29)27(32)20-35-26-16-10-9-15-25(26)34-2/h4-16,24H,3,17-20H2,1-2H3,(H,30,33)/t24-/m0/s1. The van der Waals surface area contributed by atoms with Crippen molar-refractivity contribution in [2.45, 2.75) is 32.4 Å². The van der Waals surface area contributed by atoms with E-state index in [0.717, 1.165) is 12.0 Å². The fourth-order valence-electron chi connectivity index (χ4n) is 3.69. The molecule has 0 spiro atoms. The summed E-state index contributed by atoms with van der Waals surface area (Å²) in [7, 11) is 1.52. The summed E-state index contributed by atoms with van der Waals surface area (Å²) in [6, 6.07) is 21.8. The second kappa shape index (κ2) is 13.1. The quantitative estimate of drug-likeness (QED) is 0.420. The van der Waals surface area contributed by atoms with Gasteiger partial charge in [0.15, 0.2) is 18.1 Å². The Morgan fingerprint density at radius 3 is 2.29 bits per heavy atom. The molecule has 0 unspecified atom stereocenters. The predicted molar refractivity (Wildman–Crippen MR) is 133 cm³/mol. The van der Waals surface area contributed by atoms with Crippen molar-refractivity contribution in [2.24, 2.45) is 0 Å². The Kier molecular flexibility index (Phi) is 9.66. The van der Waals surface area contributed by atoms with E-state index in [4.69, 9.17) is 9.47 Å². The fraction of sp³-hybridized carbons (Fsp3) is 0.286. The monoisotopic (exact) mass is 478 g/mol. The van der Waals surface area contributed by atoms with Crippen LogP contribution in [0.15, 0.2) is 78.9 Å². The maximum Gasteiger partial charge on any atom is 0.261 e. The van der Waals surface area contributed by atoms with E-state index in [1.54, 1.807) is 42.5 Å². The Bertz CT molecular complexity index is 1110. The topological polar surface area (TPSA) is 67.9 Å². The first kappa shape index (κ1) is 25.7. The molecular weight excluding hydrogens is 447 g/mol. The lowest BCUT2D eigenvalue weighted by atomic mass is 10.0. The number of hydrogen-bond acceptors (Lipinski definition) is 4. The van der Waals surface area contributed by atoms with Gasteiger partial charge in [-0.3, -0.25) is 9.59 Å². The molecule has 0 aromatic heterocycles. The molecular formula is C28H31FN2O4. The normalized spacial score (nSPS) is 11.4. The lowest BCUT2D eigenvalue weighted by Gasteiger charge is -2.31. The van der Waals surface area contributed by atoms with Crippen LogP contribution in [0.5, 0.6) is 11.5 Å².